The molecule has 1 aromatic rings. The molecule has 0 bridgehead atoms. The molecule has 2 heterocycles. The number of anilines is 1. The Bertz CT molecular complexity index is 333. The first-order chi connectivity index (χ1) is 7.25. The zero-order valence-electron chi connectivity index (χ0n) is 9.25. The van der Waals surface area contributed by atoms with Gasteiger partial charge in [0.25, 0.3) is 0 Å². The van der Waals surface area contributed by atoms with Crippen LogP contribution in [0.1, 0.15) is 24.2 Å². The van der Waals surface area contributed by atoms with Crippen molar-refractivity contribution < 1.29 is 0 Å². The monoisotopic (exact) mass is 207 g/mol. The van der Waals surface area contributed by atoms with Crippen LogP contribution in [0.5, 0.6) is 0 Å². The van der Waals surface area contributed by atoms with Crippen molar-refractivity contribution in [3.05, 3.63) is 11.4 Å². The average molecular weight is 207 g/mol. The number of rotatable bonds is 2. The number of piperidine rings is 1. The number of aryl methyl sites for hydroxylation is 2. The Hall–Kier alpha value is -1.23. The van der Waals surface area contributed by atoms with Crippen molar-refractivity contribution >= 4 is 5.95 Å². The molecule has 5 heteroatoms. The van der Waals surface area contributed by atoms with Gasteiger partial charge in [0.05, 0.1) is 11.4 Å². The van der Waals surface area contributed by atoms with Crippen LogP contribution < -0.4 is 10.6 Å². The normalized spacial score (nSPS) is 21.3. The lowest BCUT2D eigenvalue weighted by Gasteiger charge is -2.23. The van der Waals surface area contributed by atoms with Crippen LogP contribution in [0.15, 0.2) is 0 Å². The van der Waals surface area contributed by atoms with E-state index in [1.54, 1.807) is 0 Å². The summed E-state index contributed by atoms with van der Waals surface area (Å²) in [6.45, 7) is 5.97. The van der Waals surface area contributed by atoms with Crippen molar-refractivity contribution in [2.45, 2.75) is 32.7 Å². The maximum atomic E-state index is 4.35. The van der Waals surface area contributed by atoms with Crippen LogP contribution in [0.4, 0.5) is 5.95 Å². The summed E-state index contributed by atoms with van der Waals surface area (Å²) in [4.78, 5) is 4.35. The van der Waals surface area contributed by atoms with Crippen molar-refractivity contribution in [2.24, 2.45) is 0 Å². The maximum absolute atomic E-state index is 4.35. The van der Waals surface area contributed by atoms with Crippen LogP contribution in [0, 0.1) is 13.8 Å². The van der Waals surface area contributed by atoms with E-state index in [-0.39, 0.29) is 0 Å². The molecular weight excluding hydrogens is 190 g/mol. The first kappa shape index (κ1) is 10.3. The second kappa shape index (κ2) is 4.53. The Balaban J connectivity index is 2.00. The standard InChI is InChI=1S/C10H17N5/c1-7-8(2)14-15-10(12-7)13-9-4-3-5-11-6-9/h9,11H,3-6H2,1-2H3,(H,12,13,15). The third-order valence-corrected chi connectivity index (χ3v) is 2.72. The van der Waals surface area contributed by atoms with Crippen molar-refractivity contribution in [1.82, 2.24) is 20.5 Å². The molecule has 5 nitrogen and oxygen atoms in total. The summed E-state index contributed by atoms with van der Waals surface area (Å²) < 4.78 is 0. The van der Waals surface area contributed by atoms with Gasteiger partial charge in [0, 0.05) is 12.6 Å². The molecular formula is C10H17N5. The van der Waals surface area contributed by atoms with Crippen molar-refractivity contribution in [2.75, 3.05) is 18.4 Å². The van der Waals surface area contributed by atoms with E-state index in [0.717, 1.165) is 24.5 Å². The van der Waals surface area contributed by atoms with Gasteiger partial charge in [-0.3, -0.25) is 0 Å². The van der Waals surface area contributed by atoms with E-state index in [0.29, 0.717) is 12.0 Å². The Morgan fingerprint density at radius 3 is 2.80 bits per heavy atom. The summed E-state index contributed by atoms with van der Waals surface area (Å²) in [5.41, 5.74) is 1.83. The number of aromatic nitrogens is 3. The average Bonchev–Trinajstić information content (AvgIpc) is 2.25. The third kappa shape index (κ3) is 2.62. The highest BCUT2D eigenvalue weighted by Crippen LogP contribution is 2.08. The van der Waals surface area contributed by atoms with Crippen molar-refractivity contribution in [3.63, 3.8) is 0 Å². The highest BCUT2D eigenvalue weighted by Gasteiger charge is 2.13. The topological polar surface area (TPSA) is 62.7 Å². The summed E-state index contributed by atoms with van der Waals surface area (Å²) in [5, 5.41) is 14.7. The highest BCUT2D eigenvalue weighted by atomic mass is 15.3. The maximum Gasteiger partial charge on any atom is 0.243 e. The Kier molecular flexibility index (Phi) is 3.11. The molecule has 0 aliphatic carbocycles. The van der Waals surface area contributed by atoms with Gasteiger partial charge in [0.1, 0.15) is 0 Å². The Morgan fingerprint density at radius 1 is 1.27 bits per heavy atom. The molecule has 0 aromatic carbocycles. The van der Waals surface area contributed by atoms with Gasteiger partial charge in [-0.1, -0.05) is 0 Å². The van der Waals surface area contributed by atoms with Gasteiger partial charge in [0.15, 0.2) is 0 Å². The van der Waals surface area contributed by atoms with Gasteiger partial charge >= 0.3 is 0 Å². The van der Waals surface area contributed by atoms with E-state index >= 15 is 0 Å². The van der Waals surface area contributed by atoms with Gasteiger partial charge in [-0.15, -0.1) is 5.10 Å². The third-order valence-electron chi connectivity index (χ3n) is 2.72. The van der Waals surface area contributed by atoms with E-state index in [9.17, 15) is 0 Å². The van der Waals surface area contributed by atoms with E-state index in [1.807, 2.05) is 13.8 Å². The van der Waals surface area contributed by atoms with Crippen LogP contribution in [0.3, 0.4) is 0 Å². The molecule has 1 aromatic heterocycles. The zero-order chi connectivity index (χ0) is 10.7. The van der Waals surface area contributed by atoms with Gasteiger partial charge in [-0.05, 0) is 33.2 Å². The minimum absolute atomic E-state index is 0.433. The lowest BCUT2D eigenvalue weighted by molar-refractivity contribution is 0.477. The quantitative estimate of drug-likeness (QED) is 0.745. The molecule has 1 atom stereocenters. The molecule has 1 saturated heterocycles. The second-order valence-corrected chi connectivity index (χ2v) is 3.99. The molecule has 0 saturated carbocycles. The van der Waals surface area contributed by atoms with Crippen molar-refractivity contribution in [3.8, 4) is 0 Å². The molecule has 2 rings (SSSR count). The minimum Gasteiger partial charge on any atom is -0.349 e. The number of hydrogen-bond donors (Lipinski definition) is 2. The van der Waals surface area contributed by atoms with Crippen LogP contribution >= 0.6 is 0 Å². The fourth-order valence-corrected chi connectivity index (χ4v) is 1.68. The summed E-state index contributed by atoms with van der Waals surface area (Å²) in [6.07, 6.45) is 2.37. The predicted molar refractivity (Wildman–Crippen MR) is 58.8 cm³/mol. The number of nitrogens with one attached hydrogen (secondary N) is 2. The number of nitrogens with zero attached hydrogens (tertiary/aromatic N) is 3. The Labute approximate surface area is 89.7 Å². The molecule has 15 heavy (non-hydrogen) atoms. The lowest BCUT2D eigenvalue weighted by atomic mass is 10.1. The predicted octanol–water partition coefficient (Wildman–Crippen LogP) is 0.652. The molecule has 1 aliphatic rings. The van der Waals surface area contributed by atoms with Crippen LogP contribution in [-0.4, -0.2) is 34.3 Å². The Morgan fingerprint density at radius 2 is 2.13 bits per heavy atom. The summed E-state index contributed by atoms with van der Waals surface area (Å²) in [5.74, 6) is 0.645. The van der Waals surface area contributed by atoms with Gasteiger partial charge in [0.2, 0.25) is 5.95 Å². The van der Waals surface area contributed by atoms with Crippen LogP contribution in [-0.2, 0) is 0 Å². The minimum atomic E-state index is 0.433. The fourth-order valence-electron chi connectivity index (χ4n) is 1.68. The SMILES string of the molecule is Cc1nnc(NC2CCCNC2)nc1C. The van der Waals surface area contributed by atoms with Gasteiger partial charge in [-0.2, -0.15) is 5.10 Å². The van der Waals surface area contributed by atoms with Crippen molar-refractivity contribution in [1.29, 1.82) is 0 Å². The molecule has 2 N–H and O–H groups in total. The molecule has 0 radical (unpaired) electrons. The molecule has 1 fully saturated rings. The summed E-state index contributed by atoms with van der Waals surface area (Å²) >= 11 is 0. The summed E-state index contributed by atoms with van der Waals surface area (Å²) in [7, 11) is 0. The first-order valence-electron chi connectivity index (χ1n) is 5.41. The van der Waals surface area contributed by atoms with Crippen LogP contribution in [0.25, 0.3) is 0 Å². The van der Waals surface area contributed by atoms with Gasteiger partial charge in [-0.25, -0.2) is 4.98 Å². The fraction of sp³-hybridized carbons (Fsp3) is 0.700. The summed E-state index contributed by atoms with van der Waals surface area (Å²) in [6, 6.07) is 0.433. The first-order valence-corrected chi connectivity index (χ1v) is 5.41. The molecule has 1 aliphatic heterocycles. The second-order valence-electron chi connectivity index (χ2n) is 3.99. The molecule has 0 amide bonds. The van der Waals surface area contributed by atoms with E-state index in [1.165, 1.54) is 12.8 Å². The molecule has 82 valence electrons. The van der Waals surface area contributed by atoms with E-state index < -0.39 is 0 Å². The molecule has 0 spiro atoms. The highest BCUT2D eigenvalue weighted by molar-refractivity contribution is 5.26. The molecule has 1 unspecified atom stereocenters. The smallest absolute Gasteiger partial charge is 0.243 e. The lowest BCUT2D eigenvalue weighted by Crippen LogP contribution is -2.38. The zero-order valence-corrected chi connectivity index (χ0v) is 9.25. The van der Waals surface area contributed by atoms with E-state index in [2.05, 4.69) is 25.8 Å². The largest absolute Gasteiger partial charge is 0.349 e. The van der Waals surface area contributed by atoms with Gasteiger partial charge < -0.3 is 10.6 Å². The van der Waals surface area contributed by atoms with Crippen LogP contribution in [0.2, 0.25) is 0 Å². The number of hydrogen-bond acceptors (Lipinski definition) is 5. The van der Waals surface area contributed by atoms with E-state index in [4.69, 9.17) is 0 Å².